The topological polar surface area (TPSA) is 102 Å². The zero-order valence-corrected chi connectivity index (χ0v) is 15.3. The zero-order valence-electron chi connectivity index (χ0n) is 15.3. The van der Waals surface area contributed by atoms with E-state index in [0.717, 1.165) is 5.56 Å². The minimum absolute atomic E-state index is 0.227. The van der Waals surface area contributed by atoms with Crippen LogP contribution in [0.15, 0.2) is 48.5 Å². The van der Waals surface area contributed by atoms with Gasteiger partial charge in [-0.2, -0.15) is 0 Å². The standard InChI is InChI=1S/C19H20N6O2/c1-12-9-10-15(19(27)20-13(2)17-22-23-24-25(17)3)11-16(12)21-18(26)14-7-5-4-6-8-14/h4-11,13H,1-3H3,(H,20,27)(H,21,26). The third-order valence-corrected chi connectivity index (χ3v) is 4.17. The zero-order chi connectivity index (χ0) is 19.4. The number of amides is 2. The molecule has 2 aromatic carbocycles. The van der Waals surface area contributed by atoms with Crippen molar-refractivity contribution in [2.24, 2.45) is 7.05 Å². The molecule has 1 unspecified atom stereocenters. The molecule has 0 spiro atoms. The van der Waals surface area contributed by atoms with Crippen molar-refractivity contribution >= 4 is 17.5 Å². The number of anilines is 1. The third-order valence-electron chi connectivity index (χ3n) is 4.17. The molecule has 1 heterocycles. The number of carbonyl (C=O) groups is 2. The lowest BCUT2D eigenvalue weighted by atomic mass is 10.1. The molecular formula is C19H20N6O2. The van der Waals surface area contributed by atoms with E-state index in [2.05, 4.69) is 26.2 Å². The van der Waals surface area contributed by atoms with Gasteiger partial charge in [0.15, 0.2) is 5.82 Å². The smallest absolute Gasteiger partial charge is 0.255 e. The number of hydrogen-bond acceptors (Lipinski definition) is 5. The number of rotatable bonds is 5. The average Bonchev–Trinajstić information content (AvgIpc) is 3.10. The maximum Gasteiger partial charge on any atom is 0.255 e. The molecule has 0 saturated carbocycles. The van der Waals surface area contributed by atoms with Gasteiger partial charge in [0.1, 0.15) is 0 Å². The second-order valence-electron chi connectivity index (χ2n) is 6.21. The second kappa shape index (κ2) is 7.77. The van der Waals surface area contributed by atoms with E-state index in [1.807, 2.05) is 13.0 Å². The van der Waals surface area contributed by atoms with Crippen LogP contribution in [0.2, 0.25) is 0 Å². The number of aromatic nitrogens is 4. The van der Waals surface area contributed by atoms with Crippen LogP contribution >= 0.6 is 0 Å². The predicted molar refractivity (Wildman–Crippen MR) is 100 cm³/mol. The molecule has 3 rings (SSSR count). The second-order valence-corrected chi connectivity index (χ2v) is 6.21. The van der Waals surface area contributed by atoms with E-state index in [1.54, 1.807) is 56.4 Å². The highest BCUT2D eigenvalue weighted by molar-refractivity contribution is 6.05. The fourth-order valence-corrected chi connectivity index (χ4v) is 2.63. The van der Waals surface area contributed by atoms with E-state index in [4.69, 9.17) is 0 Å². The number of benzene rings is 2. The highest BCUT2D eigenvalue weighted by Crippen LogP contribution is 2.19. The maximum absolute atomic E-state index is 12.6. The largest absolute Gasteiger partial charge is 0.342 e. The molecule has 27 heavy (non-hydrogen) atoms. The van der Waals surface area contributed by atoms with Crippen molar-refractivity contribution in [1.29, 1.82) is 0 Å². The Kier molecular flexibility index (Phi) is 5.25. The van der Waals surface area contributed by atoms with E-state index in [1.165, 1.54) is 4.68 Å². The van der Waals surface area contributed by atoms with Crippen molar-refractivity contribution in [2.45, 2.75) is 19.9 Å². The average molecular weight is 364 g/mol. The van der Waals surface area contributed by atoms with Gasteiger partial charge >= 0.3 is 0 Å². The summed E-state index contributed by atoms with van der Waals surface area (Å²) in [5.41, 5.74) is 2.44. The maximum atomic E-state index is 12.6. The highest BCUT2D eigenvalue weighted by atomic mass is 16.2. The Labute approximate surface area is 156 Å². The van der Waals surface area contributed by atoms with Crippen LogP contribution in [0.25, 0.3) is 0 Å². The van der Waals surface area contributed by atoms with E-state index < -0.39 is 0 Å². The lowest BCUT2D eigenvalue weighted by molar-refractivity contribution is 0.0936. The molecule has 1 atom stereocenters. The minimum atomic E-state index is -0.360. The number of tetrazole rings is 1. The molecule has 0 radical (unpaired) electrons. The molecule has 8 nitrogen and oxygen atoms in total. The summed E-state index contributed by atoms with van der Waals surface area (Å²) in [5, 5.41) is 16.9. The predicted octanol–water partition coefficient (Wildman–Crippen LogP) is 2.26. The number of nitrogens with zero attached hydrogens (tertiary/aromatic N) is 4. The van der Waals surface area contributed by atoms with Gasteiger partial charge in [-0.15, -0.1) is 5.10 Å². The molecule has 0 aliphatic heterocycles. The molecule has 138 valence electrons. The van der Waals surface area contributed by atoms with Gasteiger partial charge in [-0.3, -0.25) is 9.59 Å². The van der Waals surface area contributed by atoms with Gasteiger partial charge in [0.05, 0.1) is 6.04 Å². The van der Waals surface area contributed by atoms with Crippen molar-refractivity contribution in [3.05, 3.63) is 71.0 Å². The molecule has 0 aliphatic rings. The highest BCUT2D eigenvalue weighted by Gasteiger charge is 2.17. The molecule has 1 aromatic heterocycles. The minimum Gasteiger partial charge on any atom is -0.342 e. The van der Waals surface area contributed by atoms with Crippen molar-refractivity contribution in [2.75, 3.05) is 5.32 Å². The van der Waals surface area contributed by atoms with Crippen molar-refractivity contribution in [3.8, 4) is 0 Å². The van der Waals surface area contributed by atoms with Crippen molar-refractivity contribution in [1.82, 2.24) is 25.5 Å². The van der Waals surface area contributed by atoms with E-state index in [0.29, 0.717) is 22.6 Å². The number of nitrogens with one attached hydrogen (secondary N) is 2. The van der Waals surface area contributed by atoms with Crippen LogP contribution in [0.4, 0.5) is 5.69 Å². The monoisotopic (exact) mass is 364 g/mol. The lowest BCUT2D eigenvalue weighted by Crippen LogP contribution is -2.28. The normalized spacial score (nSPS) is 11.7. The summed E-state index contributed by atoms with van der Waals surface area (Å²) in [4.78, 5) is 25.0. The number of aryl methyl sites for hydroxylation is 2. The third kappa shape index (κ3) is 4.17. The van der Waals surface area contributed by atoms with Crippen LogP contribution < -0.4 is 10.6 Å². The van der Waals surface area contributed by atoms with Crippen LogP contribution in [-0.2, 0) is 7.05 Å². The van der Waals surface area contributed by atoms with Crippen LogP contribution in [0.3, 0.4) is 0 Å². The lowest BCUT2D eigenvalue weighted by Gasteiger charge is -2.14. The molecule has 8 heteroatoms. The SMILES string of the molecule is Cc1ccc(C(=O)NC(C)c2nnnn2C)cc1NC(=O)c1ccccc1. The van der Waals surface area contributed by atoms with Crippen LogP contribution in [0.1, 0.15) is 45.1 Å². The van der Waals surface area contributed by atoms with Gasteiger partial charge < -0.3 is 10.6 Å². The van der Waals surface area contributed by atoms with E-state index in [9.17, 15) is 9.59 Å². The summed E-state index contributed by atoms with van der Waals surface area (Å²) in [6, 6.07) is 13.7. The van der Waals surface area contributed by atoms with Gasteiger partial charge in [-0.25, -0.2) is 4.68 Å². The molecule has 2 N–H and O–H groups in total. The molecule has 2 amide bonds. The Morgan fingerprint density at radius 2 is 1.78 bits per heavy atom. The Bertz CT molecular complexity index is 967. The molecule has 0 aliphatic carbocycles. The summed E-state index contributed by atoms with van der Waals surface area (Å²) in [7, 11) is 1.71. The van der Waals surface area contributed by atoms with Gasteiger partial charge in [0.25, 0.3) is 11.8 Å². The first-order valence-corrected chi connectivity index (χ1v) is 8.46. The quantitative estimate of drug-likeness (QED) is 0.723. The molecule has 0 saturated heterocycles. The van der Waals surface area contributed by atoms with Gasteiger partial charge in [0, 0.05) is 23.9 Å². The van der Waals surface area contributed by atoms with Gasteiger partial charge in [-0.05, 0) is 54.1 Å². The summed E-state index contributed by atoms with van der Waals surface area (Å²) in [6.45, 7) is 3.67. The van der Waals surface area contributed by atoms with Crippen LogP contribution in [0.5, 0.6) is 0 Å². The van der Waals surface area contributed by atoms with Gasteiger partial charge in [-0.1, -0.05) is 24.3 Å². The number of carbonyl (C=O) groups excluding carboxylic acids is 2. The Hall–Kier alpha value is -3.55. The summed E-state index contributed by atoms with van der Waals surface area (Å²) >= 11 is 0. The van der Waals surface area contributed by atoms with Crippen molar-refractivity contribution in [3.63, 3.8) is 0 Å². The van der Waals surface area contributed by atoms with Crippen LogP contribution in [0, 0.1) is 6.92 Å². The summed E-state index contributed by atoms with van der Waals surface area (Å²) < 4.78 is 1.51. The Morgan fingerprint density at radius 3 is 2.44 bits per heavy atom. The molecule has 3 aromatic rings. The molecular weight excluding hydrogens is 344 g/mol. The molecule has 0 bridgehead atoms. The first kappa shape index (κ1) is 18.2. The van der Waals surface area contributed by atoms with Crippen molar-refractivity contribution < 1.29 is 9.59 Å². The summed E-state index contributed by atoms with van der Waals surface area (Å²) in [5.74, 6) is 0.0450. The van der Waals surface area contributed by atoms with Gasteiger partial charge in [0.2, 0.25) is 0 Å². The first-order valence-electron chi connectivity index (χ1n) is 8.46. The molecule has 0 fully saturated rings. The number of hydrogen-bond donors (Lipinski definition) is 2. The van der Waals surface area contributed by atoms with Crippen LogP contribution in [-0.4, -0.2) is 32.0 Å². The Morgan fingerprint density at radius 1 is 1.04 bits per heavy atom. The fourth-order valence-electron chi connectivity index (χ4n) is 2.63. The summed E-state index contributed by atoms with van der Waals surface area (Å²) in [6.07, 6.45) is 0. The Balaban J connectivity index is 1.75. The van der Waals surface area contributed by atoms with E-state index in [-0.39, 0.29) is 17.9 Å². The van der Waals surface area contributed by atoms with E-state index >= 15 is 0 Å². The first-order chi connectivity index (χ1) is 13.0. The fraction of sp³-hybridized carbons (Fsp3) is 0.211.